The molecule has 0 radical (unpaired) electrons. The number of thiophene rings is 1. The molecule has 0 aliphatic rings. The largest absolute Gasteiger partial charge is 0.397 e. The Bertz CT molecular complexity index is 436. The summed E-state index contributed by atoms with van der Waals surface area (Å²) >= 11 is 1.24. The number of hydrogen-bond donors (Lipinski definition) is 1. The van der Waals surface area contributed by atoms with Crippen molar-refractivity contribution in [2.45, 2.75) is 0 Å². The maximum atomic E-state index is 13.0. The van der Waals surface area contributed by atoms with Gasteiger partial charge in [0.05, 0.1) is 11.1 Å². The third-order valence-electron chi connectivity index (χ3n) is 1.62. The van der Waals surface area contributed by atoms with E-state index in [1.165, 1.54) is 17.4 Å². The van der Waals surface area contributed by atoms with Crippen LogP contribution in [-0.2, 0) is 0 Å². The van der Waals surface area contributed by atoms with Crippen LogP contribution in [0.15, 0.2) is 17.5 Å². The molecule has 2 N–H and O–H groups in total. The average Bonchev–Trinajstić information content (AvgIpc) is 2.31. The molecule has 1 aromatic heterocycles. The van der Waals surface area contributed by atoms with E-state index in [9.17, 15) is 8.78 Å². The molecule has 1 nitrogen and oxygen atoms in total. The molecule has 0 aliphatic carbocycles. The molecule has 1 heterocycles. The van der Waals surface area contributed by atoms with E-state index in [1.54, 1.807) is 5.38 Å². The predicted octanol–water partition coefficient (Wildman–Crippen LogP) is 2.76. The van der Waals surface area contributed by atoms with Gasteiger partial charge in [0.25, 0.3) is 0 Å². The molecule has 0 spiro atoms. The molecule has 0 fully saturated rings. The van der Waals surface area contributed by atoms with E-state index < -0.39 is 11.6 Å². The molecule has 0 aliphatic heterocycles. The van der Waals surface area contributed by atoms with Crippen molar-refractivity contribution in [3.05, 3.63) is 29.1 Å². The summed E-state index contributed by atoms with van der Waals surface area (Å²) in [6.07, 6.45) is 0. The lowest BCUT2D eigenvalue weighted by Crippen LogP contribution is -1.85. The summed E-state index contributed by atoms with van der Waals surface area (Å²) in [5, 5.41) is 1.93. The lowest BCUT2D eigenvalue weighted by atomic mass is 10.2. The van der Waals surface area contributed by atoms with Crippen molar-refractivity contribution in [3.8, 4) is 0 Å². The maximum absolute atomic E-state index is 13.0. The Labute approximate surface area is 71.4 Å². The molecule has 4 heteroatoms. The van der Waals surface area contributed by atoms with Crippen LogP contribution >= 0.6 is 11.3 Å². The fourth-order valence-electron chi connectivity index (χ4n) is 1.11. The smallest absolute Gasteiger partial charge is 0.136 e. The molecule has 0 bridgehead atoms. The Morgan fingerprint density at radius 3 is 2.75 bits per heavy atom. The van der Waals surface area contributed by atoms with Gasteiger partial charge < -0.3 is 5.73 Å². The third kappa shape index (κ3) is 0.956. The van der Waals surface area contributed by atoms with E-state index in [2.05, 4.69) is 0 Å². The van der Waals surface area contributed by atoms with Gasteiger partial charge in [-0.15, -0.1) is 11.3 Å². The van der Waals surface area contributed by atoms with Gasteiger partial charge >= 0.3 is 0 Å². The predicted molar refractivity (Wildman–Crippen MR) is 46.2 cm³/mol. The monoisotopic (exact) mass is 185 g/mol. The lowest BCUT2D eigenvalue weighted by molar-refractivity contribution is 0.592. The van der Waals surface area contributed by atoms with Gasteiger partial charge in [-0.3, -0.25) is 0 Å². The average molecular weight is 185 g/mol. The second-order valence-corrected chi connectivity index (χ2v) is 3.36. The van der Waals surface area contributed by atoms with E-state index in [1.807, 2.05) is 0 Å². The molecular formula is C8H5F2NS. The van der Waals surface area contributed by atoms with Gasteiger partial charge in [0.2, 0.25) is 0 Å². The number of rotatable bonds is 0. The number of anilines is 1. The van der Waals surface area contributed by atoms with Crippen LogP contribution in [0.4, 0.5) is 14.5 Å². The van der Waals surface area contributed by atoms with Gasteiger partial charge in [-0.2, -0.15) is 0 Å². The Morgan fingerprint density at radius 2 is 2.00 bits per heavy atom. The van der Waals surface area contributed by atoms with Crippen LogP contribution in [0.25, 0.3) is 10.1 Å². The highest BCUT2D eigenvalue weighted by Crippen LogP contribution is 2.30. The van der Waals surface area contributed by atoms with Crippen molar-refractivity contribution in [2.24, 2.45) is 0 Å². The van der Waals surface area contributed by atoms with Gasteiger partial charge in [0.15, 0.2) is 0 Å². The van der Waals surface area contributed by atoms with Crippen LogP contribution in [0.3, 0.4) is 0 Å². The van der Waals surface area contributed by atoms with Crippen LogP contribution in [0, 0.1) is 11.6 Å². The van der Waals surface area contributed by atoms with Crippen LogP contribution in [0.1, 0.15) is 0 Å². The number of fused-ring (bicyclic) bond motifs is 1. The Balaban J connectivity index is 2.93. The zero-order chi connectivity index (χ0) is 8.72. The number of nitrogen functional groups attached to an aromatic ring is 1. The molecular weight excluding hydrogens is 180 g/mol. The highest BCUT2D eigenvalue weighted by atomic mass is 32.1. The molecule has 0 unspecified atom stereocenters. The second kappa shape index (κ2) is 2.42. The summed E-state index contributed by atoms with van der Waals surface area (Å²) in [5.41, 5.74) is 5.84. The molecule has 0 saturated carbocycles. The first-order valence-corrected chi connectivity index (χ1v) is 4.18. The number of benzene rings is 1. The SMILES string of the molecule is Nc1csc2cc(F)cc(F)c12. The second-order valence-electron chi connectivity index (χ2n) is 2.45. The third-order valence-corrected chi connectivity index (χ3v) is 2.57. The highest BCUT2D eigenvalue weighted by molar-refractivity contribution is 7.17. The Morgan fingerprint density at radius 1 is 1.25 bits per heavy atom. The van der Waals surface area contributed by atoms with Crippen LogP contribution in [0.5, 0.6) is 0 Å². The van der Waals surface area contributed by atoms with Crippen LogP contribution in [0.2, 0.25) is 0 Å². The zero-order valence-electron chi connectivity index (χ0n) is 5.97. The summed E-state index contributed by atoms with van der Waals surface area (Å²) in [5.74, 6) is -1.16. The molecule has 2 rings (SSSR count). The van der Waals surface area contributed by atoms with Gasteiger partial charge in [0.1, 0.15) is 11.6 Å². The summed E-state index contributed by atoms with van der Waals surface area (Å²) in [4.78, 5) is 0. The first-order valence-electron chi connectivity index (χ1n) is 3.30. The van der Waals surface area contributed by atoms with Crippen molar-refractivity contribution in [2.75, 3.05) is 5.73 Å². The van der Waals surface area contributed by atoms with E-state index in [4.69, 9.17) is 5.73 Å². The van der Waals surface area contributed by atoms with E-state index >= 15 is 0 Å². The number of hydrogen-bond acceptors (Lipinski definition) is 2. The summed E-state index contributed by atoms with van der Waals surface area (Å²) in [6.45, 7) is 0. The van der Waals surface area contributed by atoms with Crippen molar-refractivity contribution in [1.82, 2.24) is 0 Å². The molecule has 1 aromatic carbocycles. The van der Waals surface area contributed by atoms with Crippen LogP contribution < -0.4 is 5.73 Å². The molecule has 0 atom stereocenters. The molecule has 12 heavy (non-hydrogen) atoms. The number of nitrogens with two attached hydrogens (primary N) is 1. The quantitative estimate of drug-likeness (QED) is 0.671. The maximum Gasteiger partial charge on any atom is 0.136 e. The first kappa shape index (κ1) is 7.49. The minimum Gasteiger partial charge on any atom is -0.397 e. The summed E-state index contributed by atoms with van der Waals surface area (Å²) < 4.78 is 26.2. The van der Waals surface area contributed by atoms with Crippen molar-refractivity contribution in [3.63, 3.8) is 0 Å². The molecule has 62 valence electrons. The molecule has 2 aromatic rings. The van der Waals surface area contributed by atoms with E-state index in [-0.39, 0.29) is 0 Å². The van der Waals surface area contributed by atoms with Gasteiger partial charge in [-0.25, -0.2) is 8.78 Å². The van der Waals surface area contributed by atoms with Gasteiger partial charge in [-0.05, 0) is 6.07 Å². The van der Waals surface area contributed by atoms with E-state index in [0.29, 0.717) is 15.8 Å². The highest BCUT2D eigenvalue weighted by Gasteiger charge is 2.08. The topological polar surface area (TPSA) is 26.0 Å². The Kier molecular flexibility index (Phi) is 1.51. The van der Waals surface area contributed by atoms with Crippen molar-refractivity contribution < 1.29 is 8.78 Å². The van der Waals surface area contributed by atoms with Gasteiger partial charge in [-0.1, -0.05) is 0 Å². The summed E-state index contributed by atoms with van der Waals surface area (Å²) in [7, 11) is 0. The minimum atomic E-state index is -0.594. The van der Waals surface area contributed by atoms with Crippen molar-refractivity contribution in [1.29, 1.82) is 0 Å². The number of halogens is 2. The fourth-order valence-corrected chi connectivity index (χ4v) is 1.99. The molecule has 0 amide bonds. The van der Waals surface area contributed by atoms with Crippen molar-refractivity contribution >= 4 is 27.1 Å². The molecule has 0 saturated heterocycles. The van der Waals surface area contributed by atoms with Gasteiger partial charge in [0, 0.05) is 16.1 Å². The first-order chi connectivity index (χ1) is 5.68. The standard InChI is InChI=1S/C8H5F2NS/c9-4-1-5(10)8-6(11)3-12-7(8)2-4/h1-3H,11H2. The van der Waals surface area contributed by atoms with E-state index in [0.717, 1.165) is 6.07 Å². The normalized spacial score (nSPS) is 10.8. The summed E-state index contributed by atoms with van der Waals surface area (Å²) in [6, 6.07) is 2.12. The lowest BCUT2D eigenvalue weighted by Gasteiger charge is -1.94. The Hall–Kier alpha value is -1.16. The van der Waals surface area contributed by atoms with Crippen LogP contribution in [-0.4, -0.2) is 0 Å². The zero-order valence-corrected chi connectivity index (χ0v) is 6.79. The minimum absolute atomic E-state index is 0.321. The fraction of sp³-hybridized carbons (Fsp3) is 0.